The first-order valence-corrected chi connectivity index (χ1v) is 8.11. The fourth-order valence-corrected chi connectivity index (χ4v) is 2.92. The molecule has 1 aromatic heterocycles. The normalized spacial score (nSPS) is 14.7. The van der Waals surface area contributed by atoms with E-state index in [4.69, 9.17) is 0 Å². The van der Waals surface area contributed by atoms with Crippen LogP contribution in [0.2, 0.25) is 0 Å². The standard InChI is InChI=1S/C18H22N4O/c1-22(13-14-7-3-2-4-8-14)17(23)16-11-12-19-18(21-16)20-15-9-5-6-10-15/h2-4,7-8,11-12,15H,5-6,9-10,13H2,1H3,(H,19,20,21). The van der Waals surface area contributed by atoms with Crippen LogP contribution >= 0.6 is 0 Å². The summed E-state index contributed by atoms with van der Waals surface area (Å²) in [7, 11) is 1.79. The minimum Gasteiger partial charge on any atom is -0.351 e. The highest BCUT2D eigenvalue weighted by atomic mass is 16.2. The first-order chi connectivity index (χ1) is 11.2. The second kappa shape index (κ2) is 7.22. The van der Waals surface area contributed by atoms with Crippen LogP contribution in [-0.2, 0) is 6.54 Å². The van der Waals surface area contributed by atoms with Gasteiger partial charge in [0.05, 0.1) is 0 Å². The number of carbonyl (C=O) groups is 1. The van der Waals surface area contributed by atoms with E-state index in [1.165, 1.54) is 12.8 Å². The van der Waals surface area contributed by atoms with Crippen molar-refractivity contribution in [3.63, 3.8) is 0 Å². The fraction of sp³-hybridized carbons (Fsp3) is 0.389. The van der Waals surface area contributed by atoms with Crippen LogP contribution in [0.3, 0.4) is 0 Å². The molecule has 0 aliphatic heterocycles. The summed E-state index contributed by atoms with van der Waals surface area (Å²) in [6.07, 6.45) is 6.44. The third-order valence-corrected chi connectivity index (χ3v) is 4.17. The number of hydrogen-bond donors (Lipinski definition) is 1. The van der Waals surface area contributed by atoms with E-state index in [0.717, 1.165) is 18.4 Å². The predicted molar refractivity (Wildman–Crippen MR) is 90.2 cm³/mol. The van der Waals surface area contributed by atoms with E-state index < -0.39 is 0 Å². The van der Waals surface area contributed by atoms with E-state index in [0.29, 0.717) is 24.2 Å². The number of nitrogens with one attached hydrogen (secondary N) is 1. The van der Waals surface area contributed by atoms with Crippen LogP contribution < -0.4 is 5.32 Å². The zero-order valence-corrected chi connectivity index (χ0v) is 13.4. The monoisotopic (exact) mass is 310 g/mol. The summed E-state index contributed by atoms with van der Waals surface area (Å²) in [6.45, 7) is 0.565. The van der Waals surface area contributed by atoms with Crippen molar-refractivity contribution in [1.29, 1.82) is 0 Å². The van der Waals surface area contributed by atoms with E-state index in [1.54, 1.807) is 24.2 Å². The lowest BCUT2D eigenvalue weighted by Gasteiger charge is -2.17. The Morgan fingerprint density at radius 2 is 1.96 bits per heavy atom. The molecule has 1 saturated carbocycles. The van der Waals surface area contributed by atoms with Gasteiger partial charge < -0.3 is 10.2 Å². The quantitative estimate of drug-likeness (QED) is 0.922. The zero-order valence-electron chi connectivity index (χ0n) is 13.4. The molecule has 1 aliphatic carbocycles. The van der Waals surface area contributed by atoms with Gasteiger partial charge in [-0.2, -0.15) is 0 Å². The largest absolute Gasteiger partial charge is 0.351 e. The number of hydrogen-bond acceptors (Lipinski definition) is 4. The molecule has 0 bridgehead atoms. The molecule has 5 nitrogen and oxygen atoms in total. The Labute approximate surface area is 136 Å². The SMILES string of the molecule is CN(Cc1ccccc1)C(=O)c1ccnc(NC2CCCC2)n1. The number of anilines is 1. The molecule has 1 aromatic carbocycles. The highest BCUT2D eigenvalue weighted by Crippen LogP contribution is 2.20. The van der Waals surface area contributed by atoms with Gasteiger partial charge in [-0.25, -0.2) is 9.97 Å². The van der Waals surface area contributed by atoms with Crippen LogP contribution in [0, 0.1) is 0 Å². The Hall–Kier alpha value is -2.43. The van der Waals surface area contributed by atoms with Crippen LogP contribution in [0.4, 0.5) is 5.95 Å². The Morgan fingerprint density at radius 1 is 1.22 bits per heavy atom. The zero-order chi connectivity index (χ0) is 16.1. The van der Waals surface area contributed by atoms with Gasteiger partial charge in [-0.1, -0.05) is 43.2 Å². The van der Waals surface area contributed by atoms with Crippen LogP contribution in [0.15, 0.2) is 42.6 Å². The summed E-state index contributed by atoms with van der Waals surface area (Å²) in [5.74, 6) is 0.460. The van der Waals surface area contributed by atoms with Crippen molar-refractivity contribution in [1.82, 2.24) is 14.9 Å². The maximum Gasteiger partial charge on any atom is 0.272 e. The van der Waals surface area contributed by atoms with Gasteiger partial charge in [0, 0.05) is 25.8 Å². The summed E-state index contributed by atoms with van der Waals surface area (Å²) in [5, 5.41) is 3.33. The van der Waals surface area contributed by atoms with Crippen molar-refractivity contribution in [3.05, 3.63) is 53.9 Å². The van der Waals surface area contributed by atoms with Crippen molar-refractivity contribution >= 4 is 11.9 Å². The summed E-state index contributed by atoms with van der Waals surface area (Å²) in [6, 6.07) is 12.0. The number of carbonyl (C=O) groups excluding carboxylic acids is 1. The van der Waals surface area contributed by atoms with Gasteiger partial charge in [-0.05, 0) is 24.5 Å². The maximum atomic E-state index is 12.5. The summed E-state index contributed by atoms with van der Waals surface area (Å²) in [4.78, 5) is 22.8. The molecule has 120 valence electrons. The highest BCUT2D eigenvalue weighted by Gasteiger charge is 2.18. The minimum atomic E-state index is -0.0919. The van der Waals surface area contributed by atoms with Crippen LogP contribution in [0.1, 0.15) is 41.7 Å². The highest BCUT2D eigenvalue weighted by molar-refractivity contribution is 5.92. The first-order valence-electron chi connectivity index (χ1n) is 8.11. The molecule has 1 aliphatic rings. The summed E-state index contributed by atoms with van der Waals surface area (Å²) in [5.41, 5.74) is 1.53. The van der Waals surface area contributed by atoms with Gasteiger partial charge in [0.15, 0.2) is 0 Å². The number of amides is 1. The maximum absolute atomic E-state index is 12.5. The van der Waals surface area contributed by atoms with Crippen molar-refractivity contribution in [3.8, 4) is 0 Å². The first kappa shape index (κ1) is 15.5. The molecule has 3 rings (SSSR count). The molecule has 5 heteroatoms. The number of nitrogens with zero attached hydrogens (tertiary/aromatic N) is 3. The molecule has 1 fully saturated rings. The van der Waals surface area contributed by atoms with Crippen molar-refractivity contribution in [2.75, 3.05) is 12.4 Å². The van der Waals surface area contributed by atoms with E-state index in [-0.39, 0.29) is 5.91 Å². The van der Waals surface area contributed by atoms with E-state index in [9.17, 15) is 4.79 Å². The number of aromatic nitrogens is 2. The summed E-state index contributed by atoms with van der Waals surface area (Å²) >= 11 is 0. The molecule has 0 atom stereocenters. The van der Waals surface area contributed by atoms with E-state index >= 15 is 0 Å². The Kier molecular flexibility index (Phi) is 4.86. The molecule has 2 aromatic rings. The van der Waals surface area contributed by atoms with Crippen LogP contribution in [0.5, 0.6) is 0 Å². The summed E-state index contributed by atoms with van der Waals surface area (Å²) < 4.78 is 0. The molecule has 23 heavy (non-hydrogen) atoms. The van der Waals surface area contributed by atoms with Gasteiger partial charge in [0.2, 0.25) is 5.95 Å². The predicted octanol–water partition coefficient (Wildman–Crippen LogP) is 3.10. The molecule has 0 unspecified atom stereocenters. The van der Waals surface area contributed by atoms with E-state index in [2.05, 4.69) is 15.3 Å². The second-order valence-corrected chi connectivity index (χ2v) is 6.04. The van der Waals surface area contributed by atoms with Gasteiger partial charge in [-0.15, -0.1) is 0 Å². The smallest absolute Gasteiger partial charge is 0.272 e. The average Bonchev–Trinajstić information content (AvgIpc) is 3.08. The number of benzene rings is 1. The minimum absolute atomic E-state index is 0.0919. The Bertz CT molecular complexity index is 653. The van der Waals surface area contributed by atoms with Gasteiger partial charge in [-0.3, -0.25) is 4.79 Å². The van der Waals surface area contributed by atoms with Crippen LogP contribution in [-0.4, -0.2) is 33.9 Å². The lowest BCUT2D eigenvalue weighted by Crippen LogP contribution is -2.27. The third-order valence-electron chi connectivity index (χ3n) is 4.17. The molecule has 1 heterocycles. The lowest BCUT2D eigenvalue weighted by molar-refractivity contribution is 0.0779. The lowest BCUT2D eigenvalue weighted by atomic mass is 10.2. The van der Waals surface area contributed by atoms with Gasteiger partial charge >= 0.3 is 0 Å². The van der Waals surface area contributed by atoms with Gasteiger partial charge in [0.25, 0.3) is 5.91 Å². The molecular formula is C18H22N4O. The molecule has 1 N–H and O–H groups in total. The second-order valence-electron chi connectivity index (χ2n) is 6.04. The molecule has 0 saturated heterocycles. The van der Waals surface area contributed by atoms with Crippen molar-refractivity contribution < 1.29 is 4.79 Å². The molecule has 0 spiro atoms. The molecule has 1 amide bonds. The van der Waals surface area contributed by atoms with Crippen molar-refractivity contribution in [2.24, 2.45) is 0 Å². The fourth-order valence-electron chi connectivity index (χ4n) is 2.92. The van der Waals surface area contributed by atoms with E-state index in [1.807, 2.05) is 30.3 Å². The van der Waals surface area contributed by atoms with Gasteiger partial charge in [0.1, 0.15) is 5.69 Å². The Morgan fingerprint density at radius 3 is 2.70 bits per heavy atom. The topological polar surface area (TPSA) is 58.1 Å². The Balaban J connectivity index is 1.66. The molecular weight excluding hydrogens is 288 g/mol. The third kappa shape index (κ3) is 4.06. The van der Waals surface area contributed by atoms with Crippen molar-refractivity contribution in [2.45, 2.75) is 38.3 Å². The number of rotatable bonds is 5. The average molecular weight is 310 g/mol. The molecule has 0 radical (unpaired) electrons. The van der Waals surface area contributed by atoms with Crippen LogP contribution in [0.25, 0.3) is 0 Å².